The lowest BCUT2D eigenvalue weighted by Gasteiger charge is -2.04. The topological polar surface area (TPSA) is 277 Å². The van der Waals surface area contributed by atoms with Crippen LogP contribution in [-0.4, -0.2) is 55.1 Å². The molecule has 7 rings (SSSR count). The maximum absolute atomic E-state index is 11.7. The SMILES string of the molecule is NC(=O)c1ccccc1O.Nc1cc(Cl)ccc1O.Nc1ccccc1O.O=C(Oc1ccccc1)c1ccccc1O.O=Cc1ccc(O)cc1.O=Cc1ccccc1O. The number of nitrogen functional groups attached to an aromatic ring is 2. The van der Waals surface area contributed by atoms with Gasteiger partial charge in [0, 0.05) is 10.6 Å². The maximum Gasteiger partial charge on any atom is 0.347 e. The van der Waals surface area contributed by atoms with Crippen LogP contribution in [0.4, 0.5) is 11.4 Å². The minimum atomic E-state index is -0.613. The van der Waals surface area contributed by atoms with Crippen molar-refractivity contribution in [2.75, 3.05) is 11.5 Å². The lowest BCUT2D eigenvalue weighted by atomic mass is 10.2. The second kappa shape index (κ2) is 26.4. The average Bonchev–Trinajstić information content (AvgIpc) is 3.25. The number of esters is 1. The van der Waals surface area contributed by atoms with Gasteiger partial charge in [-0.1, -0.05) is 78.3 Å². The number of hydrogen-bond donors (Lipinski definition) is 9. The zero-order valence-electron chi connectivity index (χ0n) is 32.2. The molecule has 0 unspecified atom stereocenters. The Bertz CT molecular complexity index is 2430. The molecule has 0 radical (unpaired) electrons. The molecule has 1 amide bonds. The number of phenols is 6. The Kier molecular flexibility index (Phi) is 21.1. The van der Waals surface area contributed by atoms with Gasteiger partial charge in [-0.3, -0.25) is 14.4 Å². The van der Waals surface area contributed by atoms with Crippen molar-refractivity contribution in [3.8, 4) is 40.2 Å². The molecule has 14 nitrogen and oxygen atoms in total. The number of primary amides is 1. The minimum Gasteiger partial charge on any atom is -0.508 e. The van der Waals surface area contributed by atoms with Crippen molar-refractivity contribution in [3.63, 3.8) is 0 Å². The Morgan fingerprint density at radius 3 is 1.38 bits per heavy atom. The molecule has 61 heavy (non-hydrogen) atoms. The molecule has 12 N–H and O–H groups in total. The van der Waals surface area contributed by atoms with Crippen molar-refractivity contribution in [1.82, 2.24) is 0 Å². The van der Waals surface area contributed by atoms with E-state index >= 15 is 0 Å². The first-order chi connectivity index (χ1) is 29.2. The Balaban J connectivity index is 0.000000257. The summed E-state index contributed by atoms with van der Waals surface area (Å²) in [6.07, 6.45) is 1.36. The van der Waals surface area contributed by atoms with Crippen LogP contribution >= 0.6 is 11.6 Å². The van der Waals surface area contributed by atoms with Gasteiger partial charge in [-0.15, -0.1) is 0 Å². The van der Waals surface area contributed by atoms with Gasteiger partial charge in [-0.25, -0.2) is 4.79 Å². The van der Waals surface area contributed by atoms with Crippen LogP contribution in [0.25, 0.3) is 0 Å². The number of ether oxygens (including phenoxy) is 1. The molecule has 7 aromatic carbocycles. The molecule has 0 aliphatic heterocycles. The van der Waals surface area contributed by atoms with E-state index in [1.54, 1.807) is 109 Å². The zero-order chi connectivity index (χ0) is 45.2. The zero-order valence-corrected chi connectivity index (χ0v) is 32.9. The molecule has 0 atom stereocenters. The third kappa shape index (κ3) is 18.5. The van der Waals surface area contributed by atoms with Gasteiger partial charge in [-0.2, -0.15) is 0 Å². The van der Waals surface area contributed by atoms with E-state index in [0.29, 0.717) is 39.6 Å². The monoisotopic (exact) mass is 847 g/mol. The number of hydrogen-bond acceptors (Lipinski definition) is 13. The molecule has 0 aliphatic carbocycles. The van der Waals surface area contributed by atoms with E-state index in [-0.39, 0.29) is 45.6 Å². The summed E-state index contributed by atoms with van der Waals surface area (Å²) >= 11 is 5.53. The standard InChI is InChI=1S/C13H10O3.C7H7NO2.2C7H6O2.C6H6ClNO.C6H7NO/c14-12-9-5-4-8-11(12)13(15)16-10-6-2-1-3-7-10;8-7(10)5-3-1-2-4-6(5)9;8-5-6-1-3-7(9)4-2-6;8-5-6-3-1-2-4-7(6)9;7-4-1-2-6(9)5(8)3-4;7-5-3-1-2-4-6(5)8/h1-9,14H;1-4,9H,(H2,8,10);2*1-5,9H;1-3,9H,8H2;1-4,8H,7H2. The number of anilines is 2. The normalized spacial score (nSPS) is 9.26. The van der Waals surface area contributed by atoms with Crippen LogP contribution in [0.5, 0.6) is 40.2 Å². The Hall–Kier alpha value is -8.49. The molecular formula is C46H42ClN3O11. The lowest BCUT2D eigenvalue weighted by molar-refractivity contribution is 0.0731. The number of nitrogens with two attached hydrogens (primary N) is 3. The number of benzene rings is 7. The number of phenolic OH excluding ortho intramolecular Hbond substituents is 5. The third-order valence-corrected chi connectivity index (χ3v) is 7.50. The van der Waals surface area contributed by atoms with Gasteiger partial charge in [0.1, 0.15) is 52.1 Å². The fourth-order valence-electron chi connectivity index (χ4n) is 4.13. The van der Waals surface area contributed by atoms with Crippen LogP contribution < -0.4 is 21.9 Å². The Morgan fingerprint density at radius 1 is 0.492 bits per heavy atom. The molecule has 0 bridgehead atoms. The molecule has 314 valence electrons. The minimum absolute atomic E-state index is 0.0347. The van der Waals surface area contributed by atoms with E-state index in [1.807, 2.05) is 6.07 Å². The van der Waals surface area contributed by atoms with E-state index in [1.165, 1.54) is 54.6 Å². The lowest BCUT2D eigenvalue weighted by Crippen LogP contribution is -2.10. The molecule has 0 heterocycles. The second-order valence-corrected chi connectivity index (χ2v) is 12.2. The largest absolute Gasteiger partial charge is 0.508 e. The van der Waals surface area contributed by atoms with Crippen LogP contribution in [-0.2, 0) is 0 Å². The number of carbonyl (C=O) groups is 4. The quantitative estimate of drug-likeness (QED) is 0.0261. The summed E-state index contributed by atoms with van der Waals surface area (Å²) in [5.41, 5.74) is 17.4. The maximum atomic E-state index is 11.7. The number of para-hydroxylation sites is 6. The van der Waals surface area contributed by atoms with Crippen molar-refractivity contribution in [2.45, 2.75) is 0 Å². The number of carbonyl (C=O) groups excluding carboxylic acids is 4. The van der Waals surface area contributed by atoms with Crippen molar-refractivity contribution >= 4 is 47.4 Å². The van der Waals surface area contributed by atoms with Crippen LogP contribution in [0.15, 0.2) is 170 Å². The molecule has 0 aliphatic rings. The van der Waals surface area contributed by atoms with Crippen molar-refractivity contribution < 1.29 is 54.6 Å². The van der Waals surface area contributed by atoms with Crippen LogP contribution in [0, 0.1) is 0 Å². The van der Waals surface area contributed by atoms with E-state index in [9.17, 15) is 24.3 Å². The molecule has 0 saturated heterocycles. The van der Waals surface area contributed by atoms with Crippen molar-refractivity contribution in [1.29, 1.82) is 0 Å². The van der Waals surface area contributed by atoms with Crippen LogP contribution in [0.2, 0.25) is 5.02 Å². The van der Waals surface area contributed by atoms with Crippen molar-refractivity contribution in [2.24, 2.45) is 5.73 Å². The highest BCUT2D eigenvalue weighted by molar-refractivity contribution is 6.30. The smallest absolute Gasteiger partial charge is 0.347 e. The molecule has 7 aromatic rings. The summed E-state index contributed by atoms with van der Waals surface area (Å²) in [6.45, 7) is 0. The van der Waals surface area contributed by atoms with Crippen LogP contribution in [0.3, 0.4) is 0 Å². The molecule has 0 fully saturated rings. The predicted octanol–water partition coefficient (Wildman–Crippen LogP) is 8.11. The van der Waals surface area contributed by atoms with Gasteiger partial charge in [-0.05, 0) is 103 Å². The number of rotatable bonds is 5. The van der Waals surface area contributed by atoms with Gasteiger partial charge in [0.15, 0.2) is 6.29 Å². The van der Waals surface area contributed by atoms with Gasteiger partial charge in [0.25, 0.3) is 5.91 Å². The fraction of sp³-hybridized carbons (Fsp3) is 0. The molecule has 0 spiro atoms. The summed E-state index contributed by atoms with van der Waals surface area (Å²) in [6, 6.07) is 44.9. The summed E-state index contributed by atoms with van der Waals surface area (Å²) in [5, 5.41) is 54.2. The second-order valence-electron chi connectivity index (χ2n) is 11.7. The van der Waals surface area contributed by atoms with Crippen LogP contribution in [0.1, 0.15) is 41.4 Å². The fourth-order valence-corrected chi connectivity index (χ4v) is 4.31. The first-order valence-electron chi connectivity index (χ1n) is 17.5. The van der Waals surface area contributed by atoms with Gasteiger partial charge < -0.3 is 52.6 Å². The number of aldehydes is 2. The first kappa shape index (κ1) is 48.7. The van der Waals surface area contributed by atoms with Gasteiger partial charge in [0.05, 0.1) is 22.5 Å². The summed E-state index contributed by atoms with van der Waals surface area (Å²) in [5.74, 6) is -0.448. The Morgan fingerprint density at radius 2 is 0.967 bits per heavy atom. The van der Waals surface area contributed by atoms with Gasteiger partial charge in [0.2, 0.25) is 0 Å². The molecule has 15 heteroatoms. The highest BCUT2D eigenvalue weighted by Gasteiger charge is 2.12. The van der Waals surface area contributed by atoms with Crippen molar-refractivity contribution in [3.05, 3.63) is 197 Å². The third-order valence-electron chi connectivity index (χ3n) is 7.27. The molecule has 0 aromatic heterocycles. The summed E-state index contributed by atoms with van der Waals surface area (Å²) < 4.78 is 5.08. The predicted molar refractivity (Wildman–Crippen MR) is 233 cm³/mol. The Labute approximate surface area is 355 Å². The van der Waals surface area contributed by atoms with E-state index in [0.717, 1.165) is 6.29 Å². The average molecular weight is 848 g/mol. The summed E-state index contributed by atoms with van der Waals surface area (Å²) in [7, 11) is 0. The van der Waals surface area contributed by atoms with E-state index < -0.39 is 11.9 Å². The highest BCUT2D eigenvalue weighted by Crippen LogP contribution is 2.23. The molecular weight excluding hydrogens is 806 g/mol. The first-order valence-corrected chi connectivity index (χ1v) is 17.9. The number of amides is 1. The number of aromatic hydroxyl groups is 6. The number of halogens is 1. The van der Waals surface area contributed by atoms with Gasteiger partial charge >= 0.3 is 5.97 Å². The van der Waals surface area contributed by atoms with E-state index in [2.05, 4.69) is 0 Å². The molecule has 0 saturated carbocycles. The summed E-state index contributed by atoms with van der Waals surface area (Å²) in [4.78, 5) is 42.2. The van der Waals surface area contributed by atoms with E-state index in [4.69, 9.17) is 59.1 Å². The highest BCUT2D eigenvalue weighted by atomic mass is 35.5.